The Kier molecular flexibility index (Phi) is 9.33. The molecule has 0 aliphatic carbocycles. The molecule has 1 N–H and O–H groups in total. The first-order chi connectivity index (χ1) is 9.36. The molecule has 0 spiro atoms. The molecule has 19 heavy (non-hydrogen) atoms. The predicted molar refractivity (Wildman–Crippen MR) is 78.2 cm³/mol. The van der Waals surface area contributed by atoms with Crippen molar-refractivity contribution in [1.29, 1.82) is 0 Å². The van der Waals surface area contributed by atoms with Gasteiger partial charge in [-0.2, -0.15) is 0 Å². The minimum Gasteiger partial charge on any atom is -0.425 e. The van der Waals surface area contributed by atoms with E-state index in [1.165, 1.54) is 44.9 Å². The molecule has 110 valence electrons. The molecule has 4 nitrogen and oxygen atoms in total. The van der Waals surface area contributed by atoms with Gasteiger partial charge in [-0.05, 0) is 13.0 Å². The van der Waals surface area contributed by atoms with E-state index in [2.05, 4.69) is 29.4 Å². The average Bonchev–Trinajstić information content (AvgIpc) is 2.86. The largest absolute Gasteiger partial charge is 0.425 e. The van der Waals surface area contributed by atoms with E-state index in [0.29, 0.717) is 0 Å². The highest BCUT2D eigenvalue weighted by Crippen LogP contribution is 2.10. The number of hydrogen-bond donors (Lipinski definition) is 1. The van der Waals surface area contributed by atoms with Gasteiger partial charge < -0.3 is 9.73 Å². The van der Waals surface area contributed by atoms with Gasteiger partial charge in [0, 0.05) is 19.4 Å². The SMILES string of the molecule is CCCCCCCCCc1nnc(CCNCC)o1. The van der Waals surface area contributed by atoms with Crippen LogP contribution < -0.4 is 5.32 Å². The lowest BCUT2D eigenvalue weighted by molar-refractivity contribution is 0.435. The molecule has 0 unspecified atom stereocenters. The van der Waals surface area contributed by atoms with Gasteiger partial charge in [0.15, 0.2) is 0 Å². The van der Waals surface area contributed by atoms with Crippen molar-refractivity contribution in [2.45, 2.75) is 71.6 Å². The van der Waals surface area contributed by atoms with Crippen molar-refractivity contribution in [1.82, 2.24) is 15.5 Å². The second-order valence-electron chi connectivity index (χ2n) is 5.06. The molecule has 0 saturated heterocycles. The van der Waals surface area contributed by atoms with Crippen molar-refractivity contribution >= 4 is 0 Å². The van der Waals surface area contributed by atoms with E-state index in [-0.39, 0.29) is 0 Å². The number of unbranched alkanes of at least 4 members (excludes halogenated alkanes) is 6. The van der Waals surface area contributed by atoms with Crippen LogP contribution in [0.25, 0.3) is 0 Å². The summed E-state index contributed by atoms with van der Waals surface area (Å²) in [5, 5.41) is 11.4. The van der Waals surface area contributed by atoms with Crippen LogP contribution in [0.2, 0.25) is 0 Å². The molecule has 1 aromatic rings. The van der Waals surface area contributed by atoms with Gasteiger partial charge in [0.25, 0.3) is 0 Å². The van der Waals surface area contributed by atoms with Crippen LogP contribution in [0.15, 0.2) is 4.42 Å². The van der Waals surface area contributed by atoms with Gasteiger partial charge in [-0.25, -0.2) is 0 Å². The highest BCUT2D eigenvalue weighted by molar-refractivity contribution is 4.82. The van der Waals surface area contributed by atoms with Gasteiger partial charge in [0.2, 0.25) is 11.8 Å². The van der Waals surface area contributed by atoms with E-state index in [0.717, 1.165) is 37.7 Å². The molecule has 0 amide bonds. The van der Waals surface area contributed by atoms with Gasteiger partial charge in [-0.1, -0.05) is 52.4 Å². The van der Waals surface area contributed by atoms with Crippen LogP contribution in [0, 0.1) is 0 Å². The maximum atomic E-state index is 5.61. The summed E-state index contributed by atoms with van der Waals surface area (Å²) >= 11 is 0. The Balaban J connectivity index is 2.03. The Morgan fingerprint density at radius 3 is 2.16 bits per heavy atom. The highest BCUT2D eigenvalue weighted by atomic mass is 16.4. The standard InChI is InChI=1S/C15H29N3O/c1-3-5-6-7-8-9-10-11-14-17-18-15(19-14)12-13-16-4-2/h16H,3-13H2,1-2H3. The van der Waals surface area contributed by atoms with Crippen LogP contribution in [0.5, 0.6) is 0 Å². The minimum absolute atomic E-state index is 0.763. The molecule has 0 bridgehead atoms. The maximum Gasteiger partial charge on any atom is 0.217 e. The first-order valence-electron chi connectivity index (χ1n) is 7.88. The fourth-order valence-electron chi connectivity index (χ4n) is 2.10. The summed E-state index contributed by atoms with van der Waals surface area (Å²) < 4.78 is 5.61. The summed E-state index contributed by atoms with van der Waals surface area (Å²) in [5.74, 6) is 1.57. The molecule has 4 heteroatoms. The molecule has 0 saturated carbocycles. The number of nitrogens with one attached hydrogen (secondary N) is 1. The zero-order valence-electron chi connectivity index (χ0n) is 12.6. The van der Waals surface area contributed by atoms with E-state index in [1.807, 2.05) is 0 Å². The van der Waals surface area contributed by atoms with Gasteiger partial charge in [-0.3, -0.25) is 0 Å². The van der Waals surface area contributed by atoms with E-state index in [9.17, 15) is 0 Å². The third-order valence-corrected chi connectivity index (χ3v) is 3.27. The summed E-state index contributed by atoms with van der Waals surface area (Å²) in [6.07, 6.45) is 11.0. The second kappa shape index (κ2) is 11.0. The van der Waals surface area contributed by atoms with Crippen LogP contribution in [0.4, 0.5) is 0 Å². The third-order valence-electron chi connectivity index (χ3n) is 3.27. The smallest absolute Gasteiger partial charge is 0.217 e. The fourth-order valence-corrected chi connectivity index (χ4v) is 2.10. The third kappa shape index (κ3) is 7.98. The molecule has 0 atom stereocenters. The van der Waals surface area contributed by atoms with E-state index >= 15 is 0 Å². The van der Waals surface area contributed by atoms with Gasteiger partial charge >= 0.3 is 0 Å². The van der Waals surface area contributed by atoms with Crippen molar-refractivity contribution in [3.05, 3.63) is 11.8 Å². The predicted octanol–water partition coefficient (Wildman–Crippen LogP) is 3.51. The summed E-state index contributed by atoms with van der Waals surface area (Å²) in [7, 11) is 0. The topological polar surface area (TPSA) is 51.0 Å². The molecular formula is C15H29N3O. The van der Waals surface area contributed by atoms with Crippen LogP contribution in [-0.4, -0.2) is 23.3 Å². The van der Waals surface area contributed by atoms with Gasteiger partial charge in [0.05, 0.1) is 0 Å². The summed E-state index contributed by atoms with van der Waals surface area (Å²) in [6, 6.07) is 0. The van der Waals surface area contributed by atoms with Crippen LogP contribution in [0.1, 0.15) is 70.6 Å². The number of rotatable bonds is 12. The highest BCUT2D eigenvalue weighted by Gasteiger charge is 2.05. The van der Waals surface area contributed by atoms with Crippen molar-refractivity contribution in [2.75, 3.05) is 13.1 Å². The Hall–Kier alpha value is -0.900. The zero-order chi connectivity index (χ0) is 13.8. The minimum atomic E-state index is 0.763. The molecule has 0 aliphatic rings. The Labute approximate surface area is 117 Å². The average molecular weight is 267 g/mol. The number of hydrogen-bond acceptors (Lipinski definition) is 4. The first-order valence-corrected chi connectivity index (χ1v) is 7.88. The Bertz CT molecular complexity index is 312. The zero-order valence-corrected chi connectivity index (χ0v) is 12.6. The van der Waals surface area contributed by atoms with Crippen LogP contribution >= 0.6 is 0 Å². The number of likely N-dealkylation sites (N-methyl/N-ethyl adjacent to an activating group) is 1. The summed E-state index contributed by atoms with van der Waals surface area (Å²) in [6.45, 7) is 6.25. The van der Waals surface area contributed by atoms with Gasteiger partial charge in [-0.15, -0.1) is 10.2 Å². The molecule has 1 aromatic heterocycles. The molecule has 0 aromatic carbocycles. The normalized spacial score (nSPS) is 11.1. The second-order valence-corrected chi connectivity index (χ2v) is 5.06. The van der Waals surface area contributed by atoms with Crippen molar-refractivity contribution in [2.24, 2.45) is 0 Å². The number of nitrogens with zero attached hydrogens (tertiary/aromatic N) is 2. The summed E-state index contributed by atoms with van der Waals surface area (Å²) in [5.41, 5.74) is 0. The van der Waals surface area contributed by atoms with E-state index in [4.69, 9.17) is 4.42 Å². The molecular weight excluding hydrogens is 238 g/mol. The quantitative estimate of drug-likeness (QED) is 0.589. The lowest BCUT2D eigenvalue weighted by Crippen LogP contribution is -2.16. The molecule has 1 rings (SSSR count). The van der Waals surface area contributed by atoms with Crippen LogP contribution in [-0.2, 0) is 12.8 Å². The summed E-state index contributed by atoms with van der Waals surface area (Å²) in [4.78, 5) is 0. The molecule has 0 aliphatic heterocycles. The van der Waals surface area contributed by atoms with Crippen molar-refractivity contribution < 1.29 is 4.42 Å². The Morgan fingerprint density at radius 2 is 1.47 bits per heavy atom. The van der Waals surface area contributed by atoms with Crippen molar-refractivity contribution in [3.63, 3.8) is 0 Å². The van der Waals surface area contributed by atoms with Crippen LogP contribution in [0.3, 0.4) is 0 Å². The van der Waals surface area contributed by atoms with Gasteiger partial charge in [0.1, 0.15) is 0 Å². The lowest BCUT2D eigenvalue weighted by Gasteiger charge is -1.99. The molecule has 0 fully saturated rings. The van der Waals surface area contributed by atoms with Crippen molar-refractivity contribution in [3.8, 4) is 0 Å². The molecule has 0 radical (unpaired) electrons. The Morgan fingerprint density at radius 1 is 0.842 bits per heavy atom. The number of aryl methyl sites for hydroxylation is 1. The fraction of sp³-hybridized carbons (Fsp3) is 0.867. The monoisotopic (exact) mass is 267 g/mol. The maximum absolute atomic E-state index is 5.61. The van der Waals surface area contributed by atoms with E-state index in [1.54, 1.807) is 0 Å². The molecule has 1 heterocycles. The number of aromatic nitrogens is 2. The first kappa shape index (κ1) is 16.2. The van der Waals surface area contributed by atoms with E-state index < -0.39 is 0 Å². The lowest BCUT2D eigenvalue weighted by atomic mass is 10.1.